The van der Waals surface area contributed by atoms with E-state index in [1.165, 1.54) is 0 Å². The number of pyridine rings is 1. The second kappa shape index (κ2) is 9.64. The van der Waals surface area contributed by atoms with E-state index in [1.807, 2.05) is 0 Å². The van der Waals surface area contributed by atoms with Gasteiger partial charge in [-0.05, 0) is 44.2 Å². The van der Waals surface area contributed by atoms with Crippen LogP contribution in [0.25, 0.3) is 11.4 Å². The molecule has 3 aromatic rings. The van der Waals surface area contributed by atoms with E-state index in [-0.39, 0.29) is 17.8 Å². The first-order chi connectivity index (χ1) is 16.3. The molecule has 0 radical (unpaired) electrons. The lowest BCUT2D eigenvalue weighted by molar-refractivity contribution is -0.0550. The number of primary amides is 1. The predicted octanol–water partition coefficient (Wildman–Crippen LogP) is 3.71. The first kappa shape index (κ1) is 23.4. The molecule has 0 bridgehead atoms. The van der Waals surface area contributed by atoms with E-state index in [2.05, 4.69) is 30.9 Å². The number of hydrogen-bond donors (Lipinski definition) is 4. The van der Waals surface area contributed by atoms with Gasteiger partial charge in [-0.25, -0.2) is 28.1 Å². The standard InChI is InChI=1S/C23H24F3N7O/c1-28-17-7-3-8-23(25,26)18(17)32-22-16(24)12-15(19(27)34)21(33-22)31-14-6-2-5-13(11-14)20-29-9-4-10-30-20/h2,4-6,9-12,17-18,28H,3,7-8H2,1H3,(H2,27,34)(H2,31,32,33). The second-order valence-corrected chi connectivity index (χ2v) is 8.03. The topological polar surface area (TPSA) is 118 Å². The quantitative estimate of drug-likeness (QED) is 0.415. The number of aromatic nitrogens is 3. The van der Waals surface area contributed by atoms with Crippen molar-refractivity contribution in [1.82, 2.24) is 20.3 Å². The second-order valence-electron chi connectivity index (χ2n) is 8.03. The Labute approximate surface area is 194 Å². The molecule has 0 saturated heterocycles. The molecule has 0 spiro atoms. The van der Waals surface area contributed by atoms with E-state index in [0.717, 1.165) is 6.07 Å². The molecular weight excluding hydrogens is 447 g/mol. The number of anilines is 3. The predicted molar refractivity (Wildman–Crippen MR) is 123 cm³/mol. The van der Waals surface area contributed by atoms with Gasteiger partial charge in [0.1, 0.15) is 11.9 Å². The third-order valence-electron chi connectivity index (χ3n) is 5.74. The largest absolute Gasteiger partial charge is 0.365 e. The summed E-state index contributed by atoms with van der Waals surface area (Å²) in [7, 11) is 1.58. The molecule has 2 heterocycles. The van der Waals surface area contributed by atoms with Gasteiger partial charge in [0, 0.05) is 36.1 Å². The molecule has 4 rings (SSSR count). The summed E-state index contributed by atoms with van der Waals surface area (Å²) in [6.07, 6.45) is 3.74. The number of likely N-dealkylation sites (N-methyl/N-ethyl adjacent to an activating group) is 1. The van der Waals surface area contributed by atoms with Crippen LogP contribution in [0.3, 0.4) is 0 Å². The number of carbonyl (C=O) groups excluding carboxylic acids is 1. The van der Waals surface area contributed by atoms with Crippen molar-refractivity contribution in [3.05, 3.63) is 60.2 Å². The monoisotopic (exact) mass is 471 g/mol. The molecule has 1 fully saturated rings. The highest BCUT2D eigenvalue weighted by Crippen LogP contribution is 2.36. The van der Waals surface area contributed by atoms with Crippen molar-refractivity contribution < 1.29 is 18.0 Å². The number of benzene rings is 1. The molecular formula is C23H24F3N7O. The average Bonchev–Trinajstić information content (AvgIpc) is 2.82. The maximum absolute atomic E-state index is 14.8. The fourth-order valence-corrected chi connectivity index (χ4v) is 4.03. The summed E-state index contributed by atoms with van der Waals surface area (Å²) < 4.78 is 44.1. The van der Waals surface area contributed by atoms with Crippen LogP contribution in [0, 0.1) is 5.82 Å². The molecule has 2 unspecified atom stereocenters. The molecule has 1 aromatic carbocycles. The van der Waals surface area contributed by atoms with Gasteiger partial charge in [-0.15, -0.1) is 0 Å². The Kier molecular flexibility index (Phi) is 6.64. The molecule has 0 aliphatic heterocycles. The van der Waals surface area contributed by atoms with Crippen molar-refractivity contribution in [2.75, 3.05) is 17.7 Å². The van der Waals surface area contributed by atoms with Crippen LogP contribution in [-0.4, -0.2) is 45.9 Å². The third kappa shape index (κ3) is 4.93. The minimum Gasteiger partial charge on any atom is -0.365 e. The number of amides is 1. The van der Waals surface area contributed by atoms with Crippen molar-refractivity contribution in [2.24, 2.45) is 5.73 Å². The normalized spacial score (nSPS) is 19.4. The number of nitrogens with zero attached hydrogens (tertiary/aromatic N) is 3. The van der Waals surface area contributed by atoms with Gasteiger partial charge in [0.2, 0.25) is 0 Å². The number of hydrogen-bond acceptors (Lipinski definition) is 7. The Morgan fingerprint density at radius 2 is 1.91 bits per heavy atom. The van der Waals surface area contributed by atoms with E-state index in [9.17, 15) is 18.0 Å². The smallest absolute Gasteiger partial charge is 0.269 e. The Morgan fingerprint density at radius 3 is 2.62 bits per heavy atom. The Balaban J connectivity index is 1.68. The zero-order valence-corrected chi connectivity index (χ0v) is 18.4. The van der Waals surface area contributed by atoms with Crippen LogP contribution in [0.1, 0.15) is 29.6 Å². The summed E-state index contributed by atoms with van der Waals surface area (Å²) >= 11 is 0. The first-order valence-electron chi connectivity index (χ1n) is 10.7. The molecule has 1 aliphatic carbocycles. The molecule has 1 aliphatic rings. The van der Waals surface area contributed by atoms with Gasteiger partial charge in [0.05, 0.1) is 5.56 Å². The summed E-state index contributed by atoms with van der Waals surface area (Å²) in [6, 6.07) is 7.56. The molecule has 1 amide bonds. The van der Waals surface area contributed by atoms with Gasteiger partial charge in [-0.3, -0.25) is 4.79 Å². The maximum atomic E-state index is 14.8. The average molecular weight is 471 g/mol. The summed E-state index contributed by atoms with van der Waals surface area (Å²) in [6.45, 7) is 0. The highest BCUT2D eigenvalue weighted by molar-refractivity contribution is 5.98. The number of nitrogens with one attached hydrogen (secondary N) is 3. The van der Waals surface area contributed by atoms with Crippen LogP contribution in [0.5, 0.6) is 0 Å². The molecule has 11 heteroatoms. The molecule has 5 N–H and O–H groups in total. The van der Waals surface area contributed by atoms with Gasteiger partial charge in [-0.1, -0.05) is 12.1 Å². The van der Waals surface area contributed by atoms with Gasteiger partial charge in [0.15, 0.2) is 17.5 Å². The van der Waals surface area contributed by atoms with Crippen LogP contribution in [0.2, 0.25) is 0 Å². The lowest BCUT2D eigenvalue weighted by Crippen LogP contribution is -2.56. The Morgan fingerprint density at radius 1 is 1.15 bits per heavy atom. The van der Waals surface area contributed by atoms with E-state index in [1.54, 1.807) is 49.8 Å². The van der Waals surface area contributed by atoms with E-state index in [0.29, 0.717) is 29.9 Å². The highest BCUT2D eigenvalue weighted by atomic mass is 19.3. The summed E-state index contributed by atoms with van der Waals surface area (Å²) in [5.74, 6) is -4.93. The molecule has 8 nitrogen and oxygen atoms in total. The fourth-order valence-electron chi connectivity index (χ4n) is 4.03. The van der Waals surface area contributed by atoms with Crippen molar-refractivity contribution in [3.63, 3.8) is 0 Å². The van der Waals surface area contributed by atoms with Crippen molar-refractivity contribution in [2.45, 2.75) is 37.3 Å². The summed E-state index contributed by atoms with van der Waals surface area (Å²) in [4.78, 5) is 24.5. The molecule has 1 saturated carbocycles. The minimum atomic E-state index is -3.07. The van der Waals surface area contributed by atoms with Gasteiger partial charge in [0.25, 0.3) is 11.8 Å². The third-order valence-corrected chi connectivity index (χ3v) is 5.74. The Hall–Kier alpha value is -3.73. The fraction of sp³-hybridized carbons (Fsp3) is 0.304. The van der Waals surface area contributed by atoms with Crippen LogP contribution in [-0.2, 0) is 0 Å². The van der Waals surface area contributed by atoms with Gasteiger partial charge in [-0.2, -0.15) is 0 Å². The van der Waals surface area contributed by atoms with E-state index < -0.39 is 35.5 Å². The number of halogens is 3. The molecule has 34 heavy (non-hydrogen) atoms. The van der Waals surface area contributed by atoms with Crippen LogP contribution in [0.15, 0.2) is 48.8 Å². The SMILES string of the molecule is CNC1CCCC(F)(F)C1Nc1nc(Nc2cccc(-c3ncccn3)c2)c(C(N)=O)cc1F. The molecule has 178 valence electrons. The summed E-state index contributed by atoms with van der Waals surface area (Å²) in [5.41, 5.74) is 6.39. The van der Waals surface area contributed by atoms with Crippen LogP contribution < -0.4 is 21.7 Å². The zero-order chi connectivity index (χ0) is 24.3. The molecule has 2 atom stereocenters. The lowest BCUT2D eigenvalue weighted by Gasteiger charge is -2.38. The van der Waals surface area contributed by atoms with Crippen LogP contribution >= 0.6 is 0 Å². The number of carbonyl (C=O) groups is 1. The Bertz CT molecular complexity index is 1180. The van der Waals surface area contributed by atoms with Crippen LogP contribution in [0.4, 0.5) is 30.5 Å². The number of rotatable bonds is 7. The zero-order valence-electron chi connectivity index (χ0n) is 18.4. The van der Waals surface area contributed by atoms with Crippen molar-refractivity contribution in [1.29, 1.82) is 0 Å². The van der Waals surface area contributed by atoms with Crippen molar-refractivity contribution >= 4 is 23.2 Å². The highest BCUT2D eigenvalue weighted by Gasteiger charge is 2.47. The van der Waals surface area contributed by atoms with E-state index in [4.69, 9.17) is 5.73 Å². The number of alkyl halides is 2. The number of nitrogens with two attached hydrogens (primary N) is 1. The van der Waals surface area contributed by atoms with Gasteiger partial charge < -0.3 is 21.7 Å². The van der Waals surface area contributed by atoms with E-state index >= 15 is 0 Å². The lowest BCUT2D eigenvalue weighted by atomic mass is 9.87. The minimum absolute atomic E-state index is 0.0670. The molecule has 2 aromatic heterocycles. The summed E-state index contributed by atoms with van der Waals surface area (Å²) in [5, 5.41) is 8.36. The van der Waals surface area contributed by atoms with Crippen molar-refractivity contribution in [3.8, 4) is 11.4 Å². The first-order valence-corrected chi connectivity index (χ1v) is 10.7. The van der Waals surface area contributed by atoms with Gasteiger partial charge >= 0.3 is 0 Å². The maximum Gasteiger partial charge on any atom is 0.269 e.